The summed E-state index contributed by atoms with van der Waals surface area (Å²) in [4.78, 5) is 24.5. The minimum atomic E-state index is -0.824. The molecule has 0 radical (unpaired) electrons. The molecule has 1 aliphatic carbocycles. The third kappa shape index (κ3) is 4.89. The number of aromatic nitrogens is 3. The van der Waals surface area contributed by atoms with E-state index in [1.54, 1.807) is 30.3 Å². The number of hydrogen-bond donors (Lipinski definition) is 1. The molecular weight excluding hydrogens is 487 g/mol. The van der Waals surface area contributed by atoms with Gasteiger partial charge in [-0.1, -0.05) is 5.57 Å². The summed E-state index contributed by atoms with van der Waals surface area (Å²) in [6.07, 6.45) is 8.18. The number of piperidine rings is 1. The van der Waals surface area contributed by atoms with E-state index < -0.39 is 5.41 Å². The second-order valence-electron chi connectivity index (χ2n) is 9.56. The van der Waals surface area contributed by atoms with E-state index in [2.05, 4.69) is 14.4 Å². The number of benzene rings is 1. The second kappa shape index (κ2) is 10.1. The van der Waals surface area contributed by atoms with Gasteiger partial charge in [-0.05, 0) is 98.4 Å². The summed E-state index contributed by atoms with van der Waals surface area (Å²) in [6, 6.07) is 9.77. The zero-order valence-electron chi connectivity index (χ0n) is 21.1. The van der Waals surface area contributed by atoms with Crippen molar-refractivity contribution in [3.63, 3.8) is 0 Å². The van der Waals surface area contributed by atoms with Crippen molar-refractivity contribution in [1.82, 2.24) is 19.1 Å². The fourth-order valence-corrected chi connectivity index (χ4v) is 6.02. The largest absolute Gasteiger partial charge is 0.404 e. The zero-order chi connectivity index (χ0) is 26.2. The van der Waals surface area contributed by atoms with Crippen molar-refractivity contribution < 1.29 is 9.18 Å². The van der Waals surface area contributed by atoms with Crippen molar-refractivity contribution in [2.45, 2.75) is 31.6 Å². The lowest BCUT2D eigenvalue weighted by Crippen LogP contribution is -2.49. The third-order valence-electron chi connectivity index (χ3n) is 7.10. The van der Waals surface area contributed by atoms with Gasteiger partial charge in [0, 0.05) is 32.0 Å². The number of fused-ring (bicyclic) bond motifs is 1. The van der Waals surface area contributed by atoms with Crippen LogP contribution in [0.4, 0.5) is 10.1 Å². The lowest BCUT2D eigenvalue weighted by Gasteiger charge is -2.45. The molecule has 1 aliphatic heterocycles. The Bertz CT molecular complexity index is 1440. The maximum Gasteiger partial charge on any atom is 0.193 e. The first-order valence-electron chi connectivity index (χ1n) is 12.1. The predicted octanol–water partition coefficient (Wildman–Crippen LogP) is 5.10. The molecule has 1 aromatic carbocycles. The van der Waals surface area contributed by atoms with Gasteiger partial charge in [0.25, 0.3) is 0 Å². The van der Waals surface area contributed by atoms with E-state index in [1.807, 2.05) is 50.0 Å². The highest BCUT2D eigenvalue weighted by molar-refractivity contribution is 7.97. The zero-order valence-corrected chi connectivity index (χ0v) is 21.9. The van der Waals surface area contributed by atoms with Gasteiger partial charge >= 0.3 is 0 Å². The number of pyridine rings is 1. The molecule has 1 fully saturated rings. The first-order valence-corrected chi connectivity index (χ1v) is 12.9. The summed E-state index contributed by atoms with van der Waals surface area (Å²) in [5.74, 6) is -0.333. The van der Waals surface area contributed by atoms with Gasteiger partial charge in [0.05, 0.1) is 27.9 Å². The van der Waals surface area contributed by atoms with Crippen LogP contribution in [0, 0.1) is 25.1 Å². The van der Waals surface area contributed by atoms with Gasteiger partial charge in [-0.2, -0.15) is 5.10 Å². The summed E-state index contributed by atoms with van der Waals surface area (Å²) in [6.45, 7) is 5.27. The van der Waals surface area contributed by atoms with Gasteiger partial charge in [-0.3, -0.25) is 14.5 Å². The normalized spacial score (nSPS) is 22.2. The molecule has 0 saturated carbocycles. The summed E-state index contributed by atoms with van der Waals surface area (Å²) in [5.41, 5.74) is 10.9. The number of nitrogens with zero attached hydrogens (tertiary/aromatic N) is 5. The molecule has 1 atom stereocenters. The van der Waals surface area contributed by atoms with E-state index in [4.69, 9.17) is 10.7 Å². The summed E-state index contributed by atoms with van der Waals surface area (Å²) in [7, 11) is 1.92. The van der Waals surface area contributed by atoms with Crippen molar-refractivity contribution in [1.29, 1.82) is 0 Å². The fourth-order valence-electron chi connectivity index (χ4n) is 4.91. The summed E-state index contributed by atoms with van der Waals surface area (Å²) in [5, 5.41) is 4.37. The number of aryl methyl sites for hydroxylation is 2. The first-order chi connectivity index (χ1) is 17.8. The quantitative estimate of drug-likeness (QED) is 0.375. The molecule has 1 unspecified atom stereocenters. The van der Waals surface area contributed by atoms with Crippen molar-refractivity contribution >= 4 is 29.1 Å². The van der Waals surface area contributed by atoms with Crippen LogP contribution in [-0.4, -0.2) is 43.7 Å². The lowest BCUT2D eigenvalue weighted by molar-refractivity contribution is 0.0776. The van der Waals surface area contributed by atoms with E-state index in [0.717, 1.165) is 33.8 Å². The maximum absolute atomic E-state index is 14.2. The van der Waals surface area contributed by atoms with Crippen LogP contribution in [0.15, 0.2) is 82.1 Å². The molecule has 9 heteroatoms. The average Bonchev–Trinajstić information content (AvgIpc) is 3.21. The van der Waals surface area contributed by atoms with Crippen LogP contribution in [0.25, 0.3) is 0 Å². The molecule has 0 amide bonds. The average molecular weight is 517 g/mol. The van der Waals surface area contributed by atoms with Gasteiger partial charge in [0.2, 0.25) is 0 Å². The highest BCUT2D eigenvalue weighted by atomic mass is 32.2. The Balaban J connectivity index is 1.57. The minimum absolute atomic E-state index is 0.0177. The number of Topliss-reactive ketones (excluding diaryl/α,β-unsaturated/α-hetero) is 1. The van der Waals surface area contributed by atoms with Crippen LogP contribution in [0.3, 0.4) is 0 Å². The Morgan fingerprint density at radius 2 is 2.03 bits per heavy atom. The van der Waals surface area contributed by atoms with Crippen LogP contribution < -0.4 is 5.73 Å². The fraction of sp³-hybridized carbons (Fsp3) is 0.286. The number of carbonyl (C=O) groups excluding carboxylic acids is 1. The number of ketones is 1. The molecular formula is C28H29FN6OS. The van der Waals surface area contributed by atoms with Gasteiger partial charge in [0.15, 0.2) is 5.78 Å². The van der Waals surface area contributed by atoms with Gasteiger partial charge in [-0.25, -0.2) is 13.7 Å². The molecule has 3 heterocycles. The molecule has 3 aromatic rings. The van der Waals surface area contributed by atoms with Crippen molar-refractivity contribution in [2.24, 2.45) is 23.2 Å². The highest BCUT2D eigenvalue weighted by Gasteiger charge is 2.49. The number of nitrogens with two attached hydrogens (primary N) is 1. The van der Waals surface area contributed by atoms with Gasteiger partial charge in [0.1, 0.15) is 11.5 Å². The van der Waals surface area contributed by atoms with E-state index in [1.165, 1.54) is 18.3 Å². The second-order valence-corrected chi connectivity index (χ2v) is 10.7. The number of rotatable bonds is 5. The Labute approximate surface area is 220 Å². The molecule has 5 rings (SSSR count). The molecule has 0 spiro atoms. The Hall–Kier alpha value is -3.56. The Morgan fingerprint density at radius 3 is 2.70 bits per heavy atom. The van der Waals surface area contributed by atoms with E-state index in [-0.39, 0.29) is 11.6 Å². The molecule has 7 nitrogen and oxygen atoms in total. The molecule has 1 saturated heterocycles. The molecule has 37 heavy (non-hydrogen) atoms. The number of halogens is 1. The van der Waals surface area contributed by atoms with E-state index in [0.29, 0.717) is 36.5 Å². The van der Waals surface area contributed by atoms with E-state index >= 15 is 0 Å². The molecule has 2 aromatic heterocycles. The third-order valence-corrected chi connectivity index (χ3v) is 8.27. The molecule has 2 aliphatic rings. The van der Waals surface area contributed by atoms with Crippen LogP contribution in [-0.2, 0) is 7.05 Å². The number of allylic oxidation sites excluding steroid dienone is 2. The van der Waals surface area contributed by atoms with Crippen molar-refractivity contribution in [3.8, 4) is 0 Å². The first kappa shape index (κ1) is 25.1. The number of aliphatic imine (C=N–C) groups is 1. The Morgan fingerprint density at radius 1 is 1.24 bits per heavy atom. The summed E-state index contributed by atoms with van der Waals surface area (Å²) >= 11 is 1.63. The predicted molar refractivity (Wildman–Crippen MR) is 144 cm³/mol. The number of carbonyl (C=O) groups is 1. The van der Waals surface area contributed by atoms with Crippen molar-refractivity contribution in [2.75, 3.05) is 13.1 Å². The molecule has 2 N–H and O–H groups in total. The highest BCUT2D eigenvalue weighted by Crippen LogP contribution is 2.48. The minimum Gasteiger partial charge on any atom is -0.404 e. The standard InChI is InChI=1S/C28H29FN6OS/c1-18-8-10-31-25(12-18)27(36)28-14-20(15-30)24(33-23-6-4-22(29)5-7-23)13-21(28)9-11-35(17-28)37-26-16-32-34(3)19(26)2/h4-8,10,12-13,15-16H,9,11,14,17,30H2,1-3H3. The molecule has 190 valence electrons. The monoisotopic (exact) mass is 516 g/mol. The van der Waals surface area contributed by atoms with E-state index in [9.17, 15) is 9.18 Å². The SMILES string of the molecule is Cc1ccnc(C(=O)C23CC(=CN)C(=Nc4ccc(F)cc4)C=C2CCN(Sc2cnn(C)c2C)C3)c1. The smallest absolute Gasteiger partial charge is 0.193 e. The van der Waals surface area contributed by atoms with Crippen LogP contribution in [0.5, 0.6) is 0 Å². The van der Waals surface area contributed by atoms with Gasteiger partial charge in [-0.15, -0.1) is 0 Å². The lowest BCUT2D eigenvalue weighted by atomic mass is 9.64. The topological polar surface area (TPSA) is 89.4 Å². The van der Waals surface area contributed by atoms with Crippen molar-refractivity contribution in [3.05, 3.63) is 95.0 Å². The van der Waals surface area contributed by atoms with Crippen LogP contribution >= 0.6 is 11.9 Å². The summed E-state index contributed by atoms with van der Waals surface area (Å²) < 4.78 is 17.5. The maximum atomic E-state index is 14.2. The van der Waals surface area contributed by atoms with Crippen LogP contribution in [0.2, 0.25) is 0 Å². The Kier molecular flexibility index (Phi) is 6.83. The number of hydrogen-bond acceptors (Lipinski definition) is 7. The van der Waals surface area contributed by atoms with Crippen LogP contribution in [0.1, 0.15) is 34.6 Å². The molecule has 0 bridgehead atoms. The van der Waals surface area contributed by atoms with Gasteiger partial charge < -0.3 is 5.73 Å².